The van der Waals surface area contributed by atoms with Gasteiger partial charge in [0.15, 0.2) is 6.10 Å². The molecule has 0 amide bonds. The Kier molecular flexibility index (Phi) is 5.72. The Hall–Kier alpha value is -1.66. The molecular weight excluding hydrogens is 456 g/mol. The number of ether oxygens (including phenoxy) is 2. The molecule has 36 heavy (non-hydrogen) atoms. The number of allylic oxidation sites excluding steroid dienone is 2. The lowest BCUT2D eigenvalue weighted by atomic mass is 9.43. The van der Waals surface area contributed by atoms with Crippen LogP contribution in [0.5, 0.6) is 0 Å². The molecule has 5 aliphatic rings. The number of hydrogen-bond donors (Lipinski definition) is 2. The fourth-order valence-corrected chi connectivity index (χ4v) is 9.57. The number of aliphatic hydroxyl groups excluding tert-OH is 1. The molecule has 0 aromatic heterocycles. The summed E-state index contributed by atoms with van der Waals surface area (Å²) in [5, 5.41) is 22.7. The summed E-state index contributed by atoms with van der Waals surface area (Å²) in [6, 6.07) is 0. The zero-order valence-corrected chi connectivity index (χ0v) is 23.0. The standard InChI is InChI=1S/C30H44O6/c1-17-8-11-23(35-24(17)32)30(7,34)22-13-15-28(5)19-9-10-21-26(2,3)36-25(33)20(31)16-27(21,4)18(19)12-14-29(22,28)6/h8,12,19-23,31,34H,9-11,13-16H2,1-7H3/t19-,20+,21+,22+,23-,27-,28+,29-,30-/m1/s1. The van der Waals surface area contributed by atoms with Crippen LogP contribution in [0, 0.1) is 34.0 Å². The van der Waals surface area contributed by atoms with Crippen molar-refractivity contribution in [2.75, 3.05) is 0 Å². The number of esters is 2. The lowest BCUT2D eigenvalue weighted by Crippen LogP contribution is -2.58. The number of carbonyl (C=O) groups is 2. The van der Waals surface area contributed by atoms with Gasteiger partial charge >= 0.3 is 11.9 Å². The summed E-state index contributed by atoms with van der Waals surface area (Å²) in [6.07, 6.45) is 8.17. The van der Waals surface area contributed by atoms with Gasteiger partial charge in [-0.15, -0.1) is 0 Å². The number of rotatable bonds is 2. The van der Waals surface area contributed by atoms with Gasteiger partial charge < -0.3 is 19.7 Å². The molecule has 5 rings (SSSR count). The van der Waals surface area contributed by atoms with Gasteiger partial charge in [-0.05, 0) is 94.3 Å². The number of aliphatic hydroxyl groups is 2. The molecule has 0 aromatic carbocycles. The molecule has 200 valence electrons. The van der Waals surface area contributed by atoms with E-state index < -0.39 is 29.4 Å². The normalized spacial score (nSPS) is 47.6. The summed E-state index contributed by atoms with van der Waals surface area (Å²) in [4.78, 5) is 24.9. The Morgan fingerprint density at radius 3 is 2.39 bits per heavy atom. The molecule has 9 atom stereocenters. The summed E-state index contributed by atoms with van der Waals surface area (Å²) < 4.78 is 11.5. The van der Waals surface area contributed by atoms with E-state index >= 15 is 0 Å². The van der Waals surface area contributed by atoms with Gasteiger partial charge in [-0.25, -0.2) is 9.59 Å². The molecule has 2 saturated carbocycles. The number of carbonyl (C=O) groups excluding carboxylic acids is 2. The van der Waals surface area contributed by atoms with Gasteiger partial charge in [0.1, 0.15) is 17.3 Å². The van der Waals surface area contributed by atoms with Crippen LogP contribution in [0.1, 0.15) is 93.4 Å². The first kappa shape index (κ1) is 26.0. The van der Waals surface area contributed by atoms with Crippen molar-refractivity contribution in [2.24, 2.45) is 34.0 Å². The highest BCUT2D eigenvalue weighted by Gasteiger charge is 2.68. The summed E-state index contributed by atoms with van der Waals surface area (Å²) in [7, 11) is 0. The minimum absolute atomic E-state index is 0.0102. The Morgan fingerprint density at radius 1 is 1.03 bits per heavy atom. The summed E-state index contributed by atoms with van der Waals surface area (Å²) >= 11 is 0. The van der Waals surface area contributed by atoms with E-state index in [1.165, 1.54) is 5.57 Å². The largest absolute Gasteiger partial charge is 0.457 e. The van der Waals surface area contributed by atoms with Crippen molar-refractivity contribution in [3.05, 3.63) is 23.3 Å². The van der Waals surface area contributed by atoms with Crippen LogP contribution in [0.15, 0.2) is 23.3 Å². The van der Waals surface area contributed by atoms with Crippen LogP contribution in [0.3, 0.4) is 0 Å². The van der Waals surface area contributed by atoms with Gasteiger partial charge in [0.2, 0.25) is 0 Å². The Balaban J connectivity index is 1.52. The van der Waals surface area contributed by atoms with Crippen molar-refractivity contribution in [3.63, 3.8) is 0 Å². The van der Waals surface area contributed by atoms with Crippen LogP contribution in [0.4, 0.5) is 0 Å². The van der Waals surface area contributed by atoms with Crippen molar-refractivity contribution in [2.45, 2.75) is 117 Å². The first-order valence-corrected chi connectivity index (χ1v) is 13.8. The predicted octanol–water partition coefficient (Wildman–Crippen LogP) is 4.87. The molecule has 6 heteroatoms. The zero-order valence-electron chi connectivity index (χ0n) is 23.0. The quantitative estimate of drug-likeness (QED) is 0.415. The van der Waals surface area contributed by atoms with Gasteiger partial charge in [-0.2, -0.15) is 0 Å². The number of fused-ring (bicyclic) bond motifs is 5. The molecule has 0 aromatic rings. The van der Waals surface area contributed by atoms with Crippen molar-refractivity contribution >= 4 is 11.9 Å². The third-order valence-corrected chi connectivity index (χ3v) is 11.7. The van der Waals surface area contributed by atoms with Gasteiger partial charge in [0.05, 0.1) is 0 Å². The van der Waals surface area contributed by atoms with Crippen molar-refractivity contribution < 1.29 is 29.3 Å². The Labute approximate surface area is 215 Å². The molecule has 0 unspecified atom stereocenters. The molecular formula is C30H44O6. The smallest absolute Gasteiger partial charge is 0.335 e. The van der Waals surface area contributed by atoms with Crippen molar-refractivity contribution in [3.8, 4) is 0 Å². The highest BCUT2D eigenvalue weighted by Crippen LogP contribution is 2.72. The highest BCUT2D eigenvalue weighted by atomic mass is 16.6. The molecule has 3 fully saturated rings. The molecule has 0 spiro atoms. The molecule has 2 heterocycles. The third-order valence-electron chi connectivity index (χ3n) is 11.7. The van der Waals surface area contributed by atoms with E-state index in [1.807, 2.05) is 26.8 Å². The average Bonchev–Trinajstić information content (AvgIpc) is 3.03. The maximum absolute atomic E-state index is 12.6. The maximum Gasteiger partial charge on any atom is 0.335 e. The van der Waals surface area contributed by atoms with Gasteiger partial charge in [0, 0.05) is 17.9 Å². The maximum atomic E-state index is 12.6. The third kappa shape index (κ3) is 3.35. The average molecular weight is 501 g/mol. The molecule has 0 bridgehead atoms. The van der Waals surface area contributed by atoms with Crippen LogP contribution >= 0.6 is 0 Å². The molecule has 2 aliphatic heterocycles. The SMILES string of the molecule is CC1=CC[C@H]([C@](C)(O)[C@H]2CC[C@@]3(C)[C@@H]4CC[C@H]5C(C)(C)OC(=O)[C@@H](O)C[C@]5(C)C4=CC[C@]23C)OC1=O. The molecule has 0 radical (unpaired) electrons. The number of hydrogen-bond acceptors (Lipinski definition) is 6. The second-order valence-corrected chi connectivity index (χ2v) is 13.9. The molecule has 1 saturated heterocycles. The zero-order chi connectivity index (χ0) is 26.5. The van der Waals surface area contributed by atoms with Gasteiger partial charge in [-0.3, -0.25) is 0 Å². The second-order valence-electron chi connectivity index (χ2n) is 13.9. The topological polar surface area (TPSA) is 93.1 Å². The van der Waals surface area contributed by atoms with Crippen LogP contribution in [-0.2, 0) is 19.1 Å². The fraction of sp³-hybridized carbons (Fsp3) is 0.800. The number of cyclic esters (lactones) is 2. The predicted molar refractivity (Wildman–Crippen MR) is 136 cm³/mol. The van der Waals surface area contributed by atoms with Crippen LogP contribution in [0.2, 0.25) is 0 Å². The first-order chi connectivity index (χ1) is 16.6. The van der Waals surface area contributed by atoms with Crippen LogP contribution in [-0.4, -0.2) is 45.6 Å². The van der Waals surface area contributed by atoms with E-state index in [-0.39, 0.29) is 34.1 Å². The summed E-state index contributed by atoms with van der Waals surface area (Å²) in [6.45, 7) is 14.6. The highest BCUT2D eigenvalue weighted by molar-refractivity contribution is 5.88. The summed E-state index contributed by atoms with van der Waals surface area (Å²) in [5.41, 5.74) is -0.341. The lowest BCUT2D eigenvalue weighted by Gasteiger charge is -2.61. The lowest BCUT2D eigenvalue weighted by molar-refractivity contribution is -0.182. The molecule has 3 aliphatic carbocycles. The minimum Gasteiger partial charge on any atom is -0.457 e. The minimum atomic E-state index is -1.13. The summed E-state index contributed by atoms with van der Waals surface area (Å²) in [5.74, 6) is -0.406. The van der Waals surface area contributed by atoms with Gasteiger partial charge in [-0.1, -0.05) is 38.5 Å². The fourth-order valence-electron chi connectivity index (χ4n) is 9.57. The Morgan fingerprint density at radius 2 is 1.72 bits per heavy atom. The van der Waals surface area contributed by atoms with E-state index in [0.29, 0.717) is 24.3 Å². The molecule has 6 nitrogen and oxygen atoms in total. The van der Waals surface area contributed by atoms with E-state index in [2.05, 4.69) is 26.8 Å². The van der Waals surface area contributed by atoms with E-state index in [0.717, 1.165) is 32.1 Å². The van der Waals surface area contributed by atoms with Gasteiger partial charge in [0.25, 0.3) is 0 Å². The van der Waals surface area contributed by atoms with E-state index in [4.69, 9.17) is 9.47 Å². The van der Waals surface area contributed by atoms with E-state index in [1.54, 1.807) is 6.92 Å². The van der Waals surface area contributed by atoms with Crippen molar-refractivity contribution in [1.29, 1.82) is 0 Å². The van der Waals surface area contributed by atoms with E-state index in [9.17, 15) is 19.8 Å². The Bertz CT molecular complexity index is 1040. The molecule has 2 N–H and O–H groups in total. The van der Waals surface area contributed by atoms with Crippen molar-refractivity contribution in [1.82, 2.24) is 0 Å². The monoisotopic (exact) mass is 500 g/mol. The van der Waals surface area contributed by atoms with Crippen LogP contribution < -0.4 is 0 Å². The first-order valence-electron chi connectivity index (χ1n) is 13.8. The second kappa shape index (κ2) is 7.92. The van der Waals surface area contributed by atoms with Crippen LogP contribution in [0.25, 0.3) is 0 Å².